The predicted octanol–water partition coefficient (Wildman–Crippen LogP) is 4.19. The maximum atomic E-state index is 13.7. The van der Waals surface area contributed by atoms with Crippen molar-refractivity contribution < 1.29 is 18.4 Å². The number of aromatic nitrogens is 1. The molecule has 8 heteroatoms. The quantitative estimate of drug-likeness (QED) is 0.422. The Bertz CT molecular complexity index is 1470. The number of benzene rings is 3. The number of carbonyl (C=O) groups excluding carboxylic acids is 2. The van der Waals surface area contributed by atoms with Gasteiger partial charge in [0.2, 0.25) is 0 Å². The van der Waals surface area contributed by atoms with Crippen molar-refractivity contribution in [3.8, 4) is 5.69 Å². The first-order valence-corrected chi connectivity index (χ1v) is 12.4. The number of rotatable bonds is 4. The van der Waals surface area contributed by atoms with Gasteiger partial charge in [-0.3, -0.25) is 14.5 Å². The zero-order valence-corrected chi connectivity index (χ0v) is 20.2. The van der Waals surface area contributed by atoms with Crippen LogP contribution in [0.1, 0.15) is 20.7 Å². The molecule has 0 N–H and O–H groups in total. The average Bonchev–Trinajstić information content (AvgIpc) is 3.33. The lowest BCUT2D eigenvalue weighted by Gasteiger charge is -2.48. The summed E-state index contributed by atoms with van der Waals surface area (Å²) < 4.78 is 28.8. The first-order valence-electron chi connectivity index (χ1n) is 12.4. The van der Waals surface area contributed by atoms with Crippen LogP contribution in [-0.4, -0.2) is 76.4 Å². The minimum absolute atomic E-state index is 0.0170. The van der Waals surface area contributed by atoms with Crippen molar-refractivity contribution in [3.05, 3.63) is 102 Å². The number of hydrogen-bond donors (Lipinski definition) is 0. The molecule has 0 unspecified atom stereocenters. The van der Waals surface area contributed by atoms with Crippen LogP contribution in [0.15, 0.2) is 79.0 Å². The van der Waals surface area contributed by atoms with E-state index < -0.39 is 11.6 Å². The summed E-state index contributed by atoms with van der Waals surface area (Å²) in [5, 5.41) is 0.854. The molecule has 0 spiro atoms. The summed E-state index contributed by atoms with van der Waals surface area (Å²) in [6.07, 6.45) is 1.79. The summed E-state index contributed by atoms with van der Waals surface area (Å²) in [6.45, 7) is 4.30. The molecule has 6 nitrogen and oxygen atoms in total. The van der Waals surface area contributed by atoms with Crippen molar-refractivity contribution in [2.45, 2.75) is 6.04 Å². The van der Waals surface area contributed by atoms with Gasteiger partial charge in [0.15, 0.2) is 11.6 Å². The molecule has 0 bridgehead atoms. The van der Waals surface area contributed by atoms with Gasteiger partial charge in [0, 0.05) is 79.8 Å². The van der Waals surface area contributed by atoms with Crippen LogP contribution in [0.4, 0.5) is 8.78 Å². The molecule has 2 aliphatic rings. The fourth-order valence-corrected chi connectivity index (χ4v) is 5.22. The topological polar surface area (TPSA) is 48.8 Å². The number of likely N-dealkylation sites (tertiary alicyclic amines) is 1. The lowest BCUT2D eigenvalue weighted by molar-refractivity contribution is 0.00854. The van der Waals surface area contributed by atoms with E-state index in [-0.39, 0.29) is 11.8 Å². The van der Waals surface area contributed by atoms with E-state index in [9.17, 15) is 18.4 Å². The Morgan fingerprint density at radius 1 is 0.703 bits per heavy atom. The van der Waals surface area contributed by atoms with Crippen LogP contribution in [0.2, 0.25) is 0 Å². The second-order valence-electron chi connectivity index (χ2n) is 9.62. The molecule has 0 radical (unpaired) electrons. The number of fused-ring (bicyclic) bond motifs is 1. The molecule has 2 amide bonds. The highest BCUT2D eigenvalue weighted by molar-refractivity contribution is 5.99. The molecule has 0 atom stereocenters. The monoisotopic (exact) mass is 500 g/mol. The third-order valence-corrected chi connectivity index (χ3v) is 7.41. The highest BCUT2D eigenvalue weighted by Gasteiger charge is 2.37. The Kier molecular flexibility index (Phi) is 5.96. The minimum Gasteiger partial charge on any atom is -0.336 e. The second-order valence-corrected chi connectivity index (χ2v) is 9.62. The summed E-state index contributed by atoms with van der Waals surface area (Å²) >= 11 is 0. The van der Waals surface area contributed by atoms with Crippen LogP contribution < -0.4 is 0 Å². The maximum absolute atomic E-state index is 13.7. The van der Waals surface area contributed by atoms with Crippen LogP contribution in [0.25, 0.3) is 16.6 Å². The van der Waals surface area contributed by atoms with E-state index in [2.05, 4.69) is 4.90 Å². The molecule has 0 aliphatic carbocycles. The fraction of sp³-hybridized carbons (Fsp3) is 0.241. The van der Waals surface area contributed by atoms with Gasteiger partial charge in [0.25, 0.3) is 11.8 Å². The average molecular weight is 501 g/mol. The molecular formula is C29H26F2N4O2. The molecule has 3 aromatic carbocycles. The zero-order valence-electron chi connectivity index (χ0n) is 20.2. The lowest BCUT2D eigenvalue weighted by Crippen LogP contribution is -2.64. The molecule has 2 aliphatic heterocycles. The first kappa shape index (κ1) is 23.4. The molecule has 0 saturated carbocycles. The Labute approximate surface area is 213 Å². The normalized spacial score (nSPS) is 16.7. The first-order chi connectivity index (χ1) is 18.0. The summed E-state index contributed by atoms with van der Waals surface area (Å²) in [7, 11) is 0. The van der Waals surface area contributed by atoms with Crippen LogP contribution in [0, 0.1) is 11.6 Å². The van der Waals surface area contributed by atoms with Crippen LogP contribution in [0.5, 0.6) is 0 Å². The van der Waals surface area contributed by atoms with Gasteiger partial charge in [-0.25, -0.2) is 8.78 Å². The van der Waals surface area contributed by atoms with Gasteiger partial charge in [0.05, 0.1) is 5.52 Å². The standard InChI is InChI=1S/C29H26F2N4O2/c30-25-8-7-23(17-26(25)31)35-11-10-21-16-22(6-9-27(21)35)29(37)34-18-24(19-34)32-12-14-33(15-13-32)28(36)20-4-2-1-3-5-20/h1-11,16-17,24H,12-15,18-19H2. The van der Waals surface area contributed by atoms with Crippen LogP contribution in [-0.2, 0) is 0 Å². The van der Waals surface area contributed by atoms with E-state index in [1.165, 1.54) is 6.07 Å². The molecule has 4 aromatic rings. The molecule has 1 aromatic heterocycles. The minimum atomic E-state index is -0.900. The van der Waals surface area contributed by atoms with Gasteiger partial charge in [-0.05, 0) is 48.5 Å². The third kappa shape index (κ3) is 4.38. The summed E-state index contributed by atoms with van der Waals surface area (Å²) in [6, 6.07) is 20.8. The van der Waals surface area contributed by atoms with Gasteiger partial charge in [-0.2, -0.15) is 0 Å². The lowest BCUT2D eigenvalue weighted by atomic mass is 10.0. The number of hydrogen-bond acceptors (Lipinski definition) is 3. The van der Waals surface area contributed by atoms with Crippen molar-refractivity contribution in [1.29, 1.82) is 0 Å². The van der Waals surface area contributed by atoms with Gasteiger partial charge >= 0.3 is 0 Å². The molecular weight excluding hydrogens is 474 g/mol. The van der Waals surface area contributed by atoms with E-state index in [0.717, 1.165) is 36.1 Å². The molecule has 3 heterocycles. The van der Waals surface area contributed by atoms with E-state index in [0.29, 0.717) is 49.0 Å². The molecule has 2 saturated heterocycles. The number of halogens is 2. The van der Waals surface area contributed by atoms with Gasteiger partial charge in [0.1, 0.15) is 0 Å². The van der Waals surface area contributed by atoms with E-state index in [1.54, 1.807) is 16.8 Å². The van der Waals surface area contributed by atoms with E-state index in [1.807, 2.05) is 58.3 Å². The van der Waals surface area contributed by atoms with Crippen molar-refractivity contribution in [2.24, 2.45) is 0 Å². The van der Waals surface area contributed by atoms with Crippen LogP contribution in [0.3, 0.4) is 0 Å². The third-order valence-electron chi connectivity index (χ3n) is 7.41. The number of amides is 2. The van der Waals surface area contributed by atoms with Crippen LogP contribution >= 0.6 is 0 Å². The second kappa shape index (κ2) is 9.44. The molecule has 2 fully saturated rings. The Balaban J connectivity index is 1.06. The fourth-order valence-electron chi connectivity index (χ4n) is 5.22. The van der Waals surface area contributed by atoms with Crippen molar-refractivity contribution in [3.63, 3.8) is 0 Å². The molecule has 37 heavy (non-hydrogen) atoms. The van der Waals surface area contributed by atoms with E-state index >= 15 is 0 Å². The highest BCUT2D eigenvalue weighted by Crippen LogP contribution is 2.25. The number of carbonyl (C=O) groups is 2. The SMILES string of the molecule is O=C(c1ccccc1)N1CCN(C2CN(C(=O)c3ccc4c(ccn4-c4ccc(F)c(F)c4)c3)C2)CC1. The maximum Gasteiger partial charge on any atom is 0.253 e. The predicted molar refractivity (Wildman–Crippen MR) is 137 cm³/mol. The zero-order chi connectivity index (χ0) is 25.5. The largest absolute Gasteiger partial charge is 0.336 e. The van der Waals surface area contributed by atoms with Gasteiger partial charge in [-0.1, -0.05) is 18.2 Å². The Hall–Kier alpha value is -4.04. The Morgan fingerprint density at radius 3 is 2.16 bits per heavy atom. The summed E-state index contributed by atoms with van der Waals surface area (Å²) in [4.78, 5) is 31.9. The van der Waals surface area contributed by atoms with E-state index in [4.69, 9.17) is 0 Å². The highest BCUT2D eigenvalue weighted by atomic mass is 19.2. The summed E-state index contributed by atoms with van der Waals surface area (Å²) in [5.41, 5.74) is 2.65. The molecule has 6 rings (SSSR count). The van der Waals surface area contributed by atoms with Gasteiger partial charge < -0.3 is 14.4 Å². The van der Waals surface area contributed by atoms with Crippen molar-refractivity contribution in [2.75, 3.05) is 39.3 Å². The number of piperazine rings is 1. The number of nitrogens with zero attached hydrogens (tertiary/aromatic N) is 4. The van der Waals surface area contributed by atoms with Gasteiger partial charge in [-0.15, -0.1) is 0 Å². The Morgan fingerprint density at radius 2 is 1.43 bits per heavy atom. The summed E-state index contributed by atoms with van der Waals surface area (Å²) in [5.74, 6) is -1.73. The smallest absolute Gasteiger partial charge is 0.253 e. The van der Waals surface area contributed by atoms with Crippen molar-refractivity contribution in [1.82, 2.24) is 19.3 Å². The van der Waals surface area contributed by atoms with Crippen molar-refractivity contribution >= 4 is 22.7 Å². The molecule has 188 valence electrons.